The molecule has 0 radical (unpaired) electrons. The molecule has 0 atom stereocenters. The van der Waals surface area contributed by atoms with Crippen LogP contribution in [0.15, 0.2) is 140 Å². The molecule has 4 aromatic heterocycles. The quantitative estimate of drug-likeness (QED) is 0.208. The second kappa shape index (κ2) is 9.93. The van der Waals surface area contributed by atoms with Crippen LogP contribution in [-0.2, 0) is 0 Å². The highest BCUT2D eigenvalue weighted by atomic mass is 32.1. The smallest absolute Gasteiger partial charge is 0.164 e. The van der Waals surface area contributed by atoms with Crippen LogP contribution in [0.3, 0.4) is 0 Å². The van der Waals surface area contributed by atoms with E-state index in [1.807, 2.05) is 72.9 Å². The van der Waals surface area contributed by atoms with E-state index in [-0.39, 0.29) is 0 Å². The lowest BCUT2D eigenvalue weighted by molar-refractivity contribution is 1.07. The molecule has 0 spiro atoms. The number of pyridine rings is 1. The SMILES string of the molecule is c1ccc(-c2nc(-c3ccccc3)nc(-c3cccc(-n4c5ccccc5c5c6sc7ncccc7c6ccc54)c3)n2)cc1. The number of nitrogens with zero attached hydrogens (tertiary/aromatic N) is 5. The first-order valence-corrected chi connectivity index (χ1v) is 15.3. The number of hydrogen-bond acceptors (Lipinski definition) is 5. The minimum atomic E-state index is 0.637. The van der Waals surface area contributed by atoms with Gasteiger partial charge >= 0.3 is 0 Å². The summed E-state index contributed by atoms with van der Waals surface area (Å²) in [5.74, 6) is 1.94. The highest BCUT2D eigenvalue weighted by molar-refractivity contribution is 7.26. The highest BCUT2D eigenvalue weighted by Gasteiger charge is 2.18. The van der Waals surface area contributed by atoms with Crippen molar-refractivity contribution in [3.05, 3.63) is 140 Å². The van der Waals surface area contributed by atoms with Gasteiger partial charge in [-0.05, 0) is 36.4 Å². The summed E-state index contributed by atoms with van der Waals surface area (Å²) in [7, 11) is 0. The van der Waals surface area contributed by atoms with Crippen LogP contribution in [0.2, 0.25) is 0 Å². The molecule has 0 saturated carbocycles. The van der Waals surface area contributed by atoms with Gasteiger partial charge in [-0.3, -0.25) is 0 Å². The Balaban J connectivity index is 1.27. The summed E-state index contributed by atoms with van der Waals surface area (Å²) in [6, 6.07) is 46.0. The van der Waals surface area contributed by atoms with E-state index in [9.17, 15) is 0 Å². The van der Waals surface area contributed by atoms with Gasteiger partial charge < -0.3 is 4.57 Å². The van der Waals surface area contributed by atoms with E-state index in [2.05, 4.69) is 76.3 Å². The molecule has 9 aromatic rings. The Bertz CT molecular complexity index is 2440. The third kappa shape index (κ3) is 3.92. The van der Waals surface area contributed by atoms with Crippen molar-refractivity contribution in [3.8, 4) is 39.9 Å². The summed E-state index contributed by atoms with van der Waals surface area (Å²) in [5, 5.41) is 4.92. The van der Waals surface area contributed by atoms with Gasteiger partial charge in [0.15, 0.2) is 17.5 Å². The van der Waals surface area contributed by atoms with Crippen molar-refractivity contribution in [2.45, 2.75) is 0 Å². The van der Waals surface area contributed by atoms with Gasteiger partial charge in [-0.15, -0.1) is 11.3 Å². The number of hydrogen-bond donors (Lipinski definition) is 0. The molecule has 5 nitrogen and oxygen atoms in total. The largest absolute Gasteiger partial charge is 0.309 e. The third-order valence-electron chi connectivity index (χ3n) is 8.11. The van der Waals surface area contributed by atoms with Gasteiger partial charge in [0.25, 0.3) is 0 Å². The lowest BCUT2D eigenvalue weighted by Gasteiger charge is -2.11. The first-order chi connectivity index (χ1) is 21.8. The van der Waals surface area contributed by atoms with Crippen molar-refractivity contribution in [3.63, 3.8) is 0 Å². The molecule has 0 aliphatic carbocycles. The average molecular weight is 582 g/mol. The molecule has 9 rings (SSSR count). The van der Waals surface area contributed by atoms with Crippen molar-refractivity contribution in [1.82, 2.24) is 24.5 Å². The number of thiophene rings is 1. The molecule has 0 fully saturated rings. The number of para-hydroxylation sites is 1. The summed E-state index contributed by atoms with van der Waals surface area (Å²) < 4.78 is 3.61. The Kier molecular flexibility index (Phi) is 5.61. The lowest BCUT2D eigenvalue weighted by Crippen LogP contribution is -2.01. The van der Waals surface area contributed by atoms with E-state index < -0.39 is 0 Å². The molecule has 0 unspecified atom stereocenters. The van der Waals surface area contributed by atoms with Crippen molar-refractivity contribution in [2.75, 3.05) is 0 Å². The molecule has 5 aromatic carbocycles. The van der Waals surface area contributed by atoms with Crippen molar-refractivity contribution in [2.24, 2.45) is 0 Å². The molecule has 0 saturated heterocycles. The summed E-state index contributed by atoms with van der Waals surface area (Å²) in [4.78, 5) is 20.5. The molecule has 0 N–H and O–H groups in total. The van der Waals surface area contributed by atoms with Gasteiger partial charge in [0.1, 0.15) is 4.83 Å². The number of rotatable bonds is 4. The molecule has 6 heteroatoms. The highest BCUT2D eigenvalue weighted by Crippen LogP contribution is 2.42. The maximum absolute atomic E-state index is 4.97. The number of fused-ring (bicyclic) bond motifs is 7. The zero-order valence-corrected chi connectivity index (χ0v) is 24.2. The van der Waals surface area contributed by atoms with E-state index in [4.69, 9.17) is 15.0 Å². The molecular formula is C38H23N5S. The molecule has 0 aliphatic rings. The zero-order chi connectivity index (χ0) is 29.0. The normalized spacial score (nSPS) is 11.6. The van der Waals surface area contributed by atoms with Gasteiger partial charge in [0, 0.05) is 54.8 Å². The van der Waals surface area contributed by atoms with Crippen LogP contribution in [0.1, 0.15) is 0 Å². The monoisotopic (exact) mass is 581 g/mol. The second-order valence-corrected chi connectivity index (χ2v) is 11.7. The summed E-state index contributed by atoms with van der Waals surface area (Å²) >= 11 is 1.76. The predicted molar refractivity (Wildman–Crippen MR) is 181 cm³/mol. The minimum absolute atomic E-state index is 0.637. The molecule has 206 valence electrons. The Morgan fingerprint density at radius 3 is 1.86 bits per heavy atom. The van der Waals surface area contributed by atoms with Crippen molar-refractivity contribution in [1.29, 1.82) is 0 Å². The van der Waals surface area contributed by atoms with Crippen LogP contribution in [0.25, 0.3) is 82.0 Å². The van der Waals surface area contributed by atoms with Crippen LogP contribution in [-0.4, -0.2) is 24.5 Å². The number of benzene rings is 5. The van der Waals surface area contributed by atoms with Crippen molar-refractivity contribution >= 4 is 53.4 Å². The van der Waals surface area contributed by atoms with E-state index in [1.165, 1.54) is 26.2 Å². The minimum Gasteiger partial charge on any atom is -0.309 e. The van der Waals surface area contributed by atoms with Gasteiger partial charge in [0.2, 0.25) is 0 Å². The molecular weight excluding hydrogens is 559 g/mol. The molecule has 44 heavy (non-hydrogen) atoms. The standard InChI is InChI=1S/C38H23N5S/c1-3-11-24(12-4-1)35-40-36(25-13-5-2-6-14-25)42-37(41-35)26-15-9-16-27(23-26)43-31-19-8-7-17-30(31)33-32(43)21-20-28-29-18-10-22-39-38(29)44-34(28)33/h1-23H. The Labute approximate surface area is 256 Å². The molecule has 0 amide bonds. The molecule has 0 bridgehead atoms. The fourth-order valence-corrected chi connectivity index (χ4v) is 7.32. The fraction of sp³-hybridized carbons (Fsp3) is 0. The summed E-state index contributed by atoms with van der Waals surface area (Å²) in [5.41, 5.74) is 6.20. The number of aromatic nitrogens is 5. The zero-order valence-electron chi connectivity index (χ0n) is 23.4. The first-order valence-electron chi connectivity index (χ1n) is 14.5. The van der Waals surface area contributed by atoms with E-state index in [1.54, 1.807) is 11.3 Å². The third-order valence-corrected chi connectivity index (χ3v) is 9.26. The van der Waals surface area contributed by atoms with Gasteiger partial charge in [-0.2, -0.15) is 0 Å². The lowest BCUT2D eigenvalue weighted by atomic mass is 10.1. The van der Waals surface area contributed by atoms with Crippen LogP contribution < -0.4 is 0 Å². The van der Waals surface area contributed by atoms with Crippen LogP contribution in [0.5, 0.6) is 0 Å². The molecule has 0 aliphatic heterocycles. The van der Waals surface area contributed by atoms with Crippen molar-refractivity contribution < 1.29 is 0 Å². The summed E-state index contributed by atoms with van der Waals surface area (Å²) in [6.45, 7) is 0. The Morgan fingerprint density at radius 2 is 1.11 bits per heavy atom. The van der Waals surface area contributed by atoms with Gasteiger partial charge in [-0.25, -0.2) is 19.9 Å². The Morgan fingerprint density at radius 1 is 0.477 bits per heavy atom. The van der Waals surface area contributed by atoms with Gasteiger partial charge in [-0.1, -0.05) is 97.1 Å². The van der Waals surface area contributed by atoms with E-state index in [0.717, 1.165) is 38.2 Å². The van der Waals surface area contributed by atoms with E-state index in [0.29, 0.717) is 17.5 Å². The predicted octanol–water partition coefficient (Wildman–Crippen LogP) is 9.73. The maximum atomic E-state index is 4.97. The average Bonchev–Trinajstić information content (AvgIpc) is 3.65. The molecule has 4 heterocycles. The fourth-order valence-electron chi connectivity index (χ4n) is 6.12. The maximum Gasteiger partial charge on any atom is 0.164 e. The van der Waals surface area contributed by atoms with Crippen LogP contribution in [0.4, 0.5) is 0 Å². The summed E-state index contributed by atoms with van der Waals surface area (Å²) in [6.07, 6.45) is 1.87. The Hall–Kier alpha value is -5.72. The second-order valence-electron chi connectivity index (χ2n) is 10.7. The van der Waals surface area contributed by atoms with E-state index >= 15 is 0 Å². The van der Waals surface area contributed by atoms with Crippen LogP contribution in [0, 0.1) is 0 Å². The van der Waals surface area contributed by atoms with Crippen LogP contribution >= 0.6 is 11.3 Å². The first kappa shape index (κ1) is 24.8. The topological polar surface area (TPSA) is 56.5 Å². The van der Waals surface area contributed by atoms with Gasteiger partial charge in [0.05, 0.1) is 11.0 Å².